The number of fused-ring (bicyclic) bond motifs is 3. The van der Waals surface area contributed by atoms with E-state index in [1.807, 2.05) is 24.3 Å². The maximum absolute atomic E-state index is 11.3. The highest BCUT2D eigenvalue weighted by atomic mass is 16.5. The number of rotatable bonds is 2. The number of benzene rings is 1. The van der Waals surface area contributed by atoms with Crippen molar-refractivity contribution in [2.75, 3.05) is 12.4 Å². The fourth-order valence-corrected chi connectivity index (χ4v) is 2.19. The third-order valence-corrected chi connectivity index (χ3v) is 3.07. The predicted octanol–water partition coefficient (Wildman–Crippen LogP) is 1.75. The van der Waals surface area contributed by atoms with Crippen LogP contribution in [-0.4, -0.2) is 33.8 Å². The number of methoxy groups -OCH3 is 1. The van der Waals surface area contributed by atoms with Crippen molar-refractivity contribution in [2.45, 2.75) is 12.5 Å². The Hall–Kier alpha value is -2.50. The summed E-state index contributed by atoms with van der Waals surface area (Å²) in [6, 6.07) is 7.18. The van der Waals surface area contributed by atoms with Gasteiger partial charge in [0.25, 0.3) is 0 Å². The van der Waals surface area contributed by atoms with Gasteiger partial charge in [-0.1, -0.05) is 12.1 Å². The molecule has 2 heterocycles. The van der Waals surface area contributed by atoms with Crippen LogP contribution in [-0.2, 0) is 9.53 Å². The summed E-state index contributed by atoms with van der Waals surface area (Å²) in [7, 11) is 1.34. The number of nitrogens with one attached hydrogen (secondary N) is 1. The zero-order valence-electron chi connectivity index (χ0n) is 10.3. The summed E-state index contributed by atoms with van der Waals surface area (Å²) in [4.78, 5) is 15.7. The van der Waals surface area contributed by atoms with E-state index in [4.69, 9.17) is 0 Å². The maximum Gasteiger partial charge on any atom is 0.307 e. The highest BCUT2D eigenvalue weighted by Gasteiger charge is 2.23. The van der Waals surface area contributed by atoms with E-state index in [2.05, 4.69) is 15.0 Å². The summed E-state index contributed by atoms with van der Waals surface area (Å²) in [5, 5.41) is 13.2. The first-order valence-electron chi connectivity index (χ1n) is 5.91. The second-order valence-corrected chi connectivity index (χ2v) is 4.32. The number of carbonyl (C=O) groups excluding carboxylic acids is 1. The zero-order chi connectivity index (χ0) is 13.4. The molecule has 19 heavy (non-hydrogen) atoms. The molecule has 0 radical (unpaired) electrons. The number of carbonyl (C=O) groups is 1. The van der Waals surface area contributed by atoms with Crippen molar-refractivity contribution in [1.29, 1.82) is 0 Å². The first-order valence-corrected chi connectivity index (χ1v) is 5.91. The molecule has 0 fully saturated rings. The van der Waals surface area contributed by atoms with Gasteiger partial charge in [0.15, 0.2) is 5.88 Å². The van der Waals surface area contributed by atoms with Gasteiger partial charge in [-0.2, -0.15) is 0 Å². The number of aromatic nitrogens is 2. The molecular formula is C13H13N3O3. The molecule has 2 aromatic rings. The molecule has 0 unspecified atom stereocenters. The monoisotopic (exact) mass is 259 g/mol. The molecule has 0 aliphatic carbocycles. The van der Waals surface area contributed by atoms with Crippen molar-refractivity contribution in [2.24, 2.45) is 0 Å². The first kappa shape index (κ1) is 11.6. The summed E-state index contributed by atoms with van der Waals surface area (Å²) in [5.41, 5.74) is 1.60. The molecule has 1 aliphatic rings. The molecule has 0 saturated carbocycles. The maximum atomic E-state index is 11.3. The van der Waals surface area contributed by atoms with Gasteiger partial charge in [0.1, 0.15) is 0 Å². The number of anilines is 1. The first-order chi connectivity index (χ1) is 9.19. The number of imidazole rings is 1. The van der Waals surface area contributed by atoms with Gasteiger partial charge in [-0.05, 0) is 18.2 Å². The highest BCUT2D eigenvalue weighted by Crippen LogP contribution is 2.27. The van der Waals surface area contributed by atoms with Crippen LogP contribution in [0.3, 0.4) is 0 Å². The minimum atomic E-state index is -0.342. The highest BCUT2D eigenvalue weighted by molar-refractivity contribution is 5.83. The standard InChI is InChI=1S/C13H13N3O3/c1-19-12(18)7-8-6-11(17)16-10-5-3-2-4-9(10)15-13(16)14-8/h2-6,8,17H,7H2,1H3,(H,14,15)/t8-/m0/s1. The van der Waals surface area contributed by atoms with Gasteiger partial charge in [-0.3, -0.25) is 4.79 Å². The number of hydrogen-bond donors (Lipinski definition) is 2. The number of esters is 1. The molecule has 0 saturated heterocycles. The van der Waals surface area contributed by atoms with E-state index in [-0.39, 0.29) is 24.3 Å². The minimum Gasteiger partial charge on any atom is -0.494 e. The number of para-hydroxylation sites is 2. The smallest absolute Gasteiger partial charge is 0.307 e. The van der Waals surface area contributed by atoms with Gasteiger partial charge in [0.05, 0.1) is 30.6 Å². The molecule has 6 heteroatoms. The van der Waals surface area contributed by atoms with Crippen molar-refractivity contribution in [1.82, 2.24) is 9.55 Å². The molecule has 1 aromatic carbocycles. The van der Waals surface area contributed by atoms with Crippen LogP contribution < -0.4 is 5.32 Å². The van der Waals surface area contributed by atoms with Gasteiger partial charge in [-0.15, -0.1) is 0 Å². The van der Waals surface area contributed by atoms with E-state index in [0.29, 0.717) is 5.95 Å². The molecular weight excluding hydrogens is 246 g/mol. The Kier molecular flexibility index (Phi) is 2.63. The summed E-state index contributed by atoms with van der Waals surface area (Å²) < 4.78 is 6.23. The average Bonchev–Trinajstić information content (AvgIpc) is 2.76. The van der Waals surface area contributed by atoms with Crippen molar-refractivity contribution < 1.29 is 14.6 Å². The molecule has 6 nitrogen and oxygen atoms in total. The van der Waals surface area contributed by atoms with Gasteiger partial charge < -0.3 is 15.2 Å². The largest absolute Gasteiger partial charge is 0.494 e. The third-order valence-electron chi connectivity index (χ3n) is 3.07. The normalized spacial score (nSPS) is 17.5. The van der Waals surface area contributed by atoms with Crippen LogP contribution in [0.25, 0.3) is 16.9 Å². The van der Waals surface area contributed by atoms with Gasteiger partial charge >= 0.3 is 5.97 Å². The molecule has 1 aliphatic heterocycles. The minimum absolute atomic E-state index is 0.0661. The van der Waals surface area contributed by atoms with E-state index in [9.17, 15) is 9.90 Å². The number of aliphatic hydroxyl groups is 1. The van der Waals surface area contributed by atoms with Crippen molar-refractivity contribution in [3.63, 3.8) is 0 Å². The molecule has 1 aromatic heterocycles. The Labute approximate surface area is 109 Å². The Bertz CT molecular complexity index is 675. The lowest BCUT2D eigenvalue weighted by Crippen LogP contribution is -2.27. The summed E-state index contributed by atoms with van der Waals surface area (Å²) in [6.07, 6.45) is 1.72. The Morgan fingerprint density at radius 1 is 1.53 bits per heavy atom. The summed E-state index contributed by atoms with van der Waals surface area (Å²) >= 11 is 0. The van der Waals surface area contributed by atoms with Crippen LogP contribution in [0.5, 0.6) is 0 Å². The summed E-state index contributed by atoms with van der Waals surface area (Å²) in [6.45, 7) is 0. The van der Waals surface area contributed by atoms with E-state index >= 15 is 0 Å². The fraction of sp³-hybridized carbons (Fsp3) is 0.231. The van der Waals surface area contributed by atoms with Gasteiger partial charge in [0, 0.05) is 0 Å². The van der Waals surface area contributed by atoms with Crippen LogP contribution in [0.2, 0.25) is 0 Å². The van der Waals surface area contributed by atoms with E-state index in [1.54, 1.807) is 10.6 Å². The van der Waals surface area contributed by atoms with Crippen LogP contribution in [0, 0.1) is 0 Å². The molecule has 0 amide bonds. The molecule has 2 N–H and O–H groups in total. The topological polar surface area (TPSA) is 76.4 Å². The SMILES string of the molecule is COC(=O)C[C@@H]1C=C(O)n2c(nc3ccccc32)N1. The molecule has 98 valence electrons. The lowest BCUT2D eigenvalue weighted by atomic mass is 10.2. The number of nitrogens with zero attached hydrogens (tertiary/aromatic N) is 2. The second kappa shape index (κ2) is 4.31. The summed E-state index contributed by atoms with van der Waals surface area (Å²) in [5.74, 6) is 0.248. The second-order valence-electron chi connectivity index (χ2n) is 4.32. The van der Waals surface area contributed by atoms with Crippen molar-refractivity contribution in [3.8, 4) is 0 Å². The average molecular weight is 259 g/mol. The number of hydrogen-bond acceptors (Lipinski definition) is 5. The van der Waals surface area contributed by atoms with Crippen LogP contribution in [0.15, 0.2) is 30.3 Å². The molecule has 1 atom stereocenters. The molecule has 0 bridgehead atoms. The van der Waals surface area contributed by atoms with Gasteiger partial charge in [0.2, 0.25) is 5.95 Å². The van der Waals surface area contributed by atoms with Gasteiger partial charge in [-0.25, -0.2) is 9.55 Å². The Morgan fingerprint density at radius 3 is 3.11 bits per heavy atom. The number of aliphatic hydroxyl groups excluding tert-OH is 1. The van der Waals surface area contributed by atoms with E-state index in [0.717, 1.165) is 11.0 Å². The molecule has 3 rings (SSSR count). The zero-order valence-corrected chi connectivity index (χ0v) is 10.3. The lowest BCUT2D eigenvalue weighted by molar-refractivity contribution is -0.140. The quantitative estimate of drug-likeness (QED) is 0.803. The van der Waals surface area contributed by atoms with Crippen molar-refractivity contribution >= 4 is 28.8 Å². The Morgan fingerprint density at radius 2 is 2.32 bits per heavy atom. The fourth-order valence-electron chi connectivity index (χ4n) is 2.19. The van der Waals surface area contributed by atoms with Crippen molar-refractivity contribution in [3.05, 3.63) is 30.3 Å². The molecule has 0 spiro atoms. The van der Waals surface area contributed by atoms with Crippen LogP contribution in [0.1, 0.15) is 6.42 Å². The number of ether oxygens (including phenoxy) is 1. The van der Waals surface area contributed by atoms with E-state index < -0.39 is 0 Å². The van der Waals surface area contributed by atoms with Crippen LogP contribution in [0.4, 0.5) is 5.95 Å². The van der Waals surface area contributed by atoms with E-state index in [1.165, 1.54) is 7.11 Å². The Balaban J connectivity index is 2.00. The van der Waals surface area contributed by atoms with Crippen LogP contribution >= 0.6 is 0 Å². The predicted molar refractivity (Wildman–Crippen MR) is 70.7 cm³/mol. The third kappa shape index (κ3) is 1.91. The lowest BCUT2D eigenvalue weighted by Gasteiger charge is -2.21.